The molecule has 2 rings (SSSR count). The molecule has 0 aliphatic heterocycles. The average Bonchev–Trinajstić information content (AvgIpc) is 2.86. The minimum Gasteiger partial charge on any atom is -0.497 e. The molecule has 4 N–H and O–H groups in total. The first-order valence-corrected chi connectivity index (χ1v) is 7.41. The van der Waals surface area contributed by atoms with Gasteiger partial charge in [-0.25, -0.2) is 4.98 Å². The van der Waals surface area contributed by atoms with Crippen molar-refractivity contribution < 1.29 is 9.53 Å². The fraction of sp³-hybridized carbons (Fsp3) is 0.286. The molecule has 6 nitrogen and oxygen atoms in total. The molecule has 112 valence electrons. The van der Waals surface area contributed by atoms with E-state index in [2.05, 4.69) is 22.5 Å². The molecule has 0 unspecified atom stereocenters. The van der Waals surface area contributed by atoms with Crippen molar-refractivity contribution in [2.45, 2.75) is 13.3 Å². The number of anilines is 3. The molecule has 0 spiro atoms. The highest BCUT2D eigenvalue weighted by Gasteiger charge is 2.16. The lowest BCUT2D eigenvalue weighted by Crippen LogP contribution is -2.12. The number of nitrogens with one attached hydrogen (secondary N) is 2. The van der Waals surface area contributed by atoms with Crippen LogP contribution in [-0.2, 0) is 0 Å². The number of aromatic nitrogens is 1. The monoisotopic (exact) mass is 306 g/mol. The zero-order chi connectivity index (χ0) is 15.2. The van der Waals surface area contributed by atoms with Crippen molar-refractivity contribution in [3.05, 3.63) is 29.1 Å². The lowest BCUT2D eigenvalue weighted by molar-refractivity contribution is 0.103. The third kappa shape index (κ3) is 3.85. The number of rotatable bonds is 6. The maximum atomic E-state index is 12.2. The fourth-order valence-corrected chi connectivity index (χ4v) is 2.50. The maximum absolute atomic E-state index is 12.2. The second-order valence-electron chi connectivity index (χ2n) is 4.35. The van der Waals surface area contributed by atoms with Crippen LogP contribution in [0, 0.1) is 0 Å². The number of hydrogen-bond donors (Lipinski definition) is 3. The van der Waals surface area contributed by atoms with Gasteiger partial charge in [-0.05, 0) is 18.6 Å². The van der Waals surface area contributed by atoms with Crippen LogP contribution in [0.3, 0.4) is 0 Å². The SMILES string of the molecule is CCCNc1nc(N)c(C(=O)Nc2cccc(OC)c2)s1. The minimum absolute atomic E-state index is 0.235. The van der Waals surface area contributed by atoms with E-state index in [4.69, 9.17) is 10.5 Å². The van der Waals surface area contributed by atoms with E-state index in [1.54, 1.807) is 25.3 Å². The van der Waals surface area contributed by atoms with Crippen molar-refractivity contribution >= 4 is 33.9 Å². The summed E-state index contributed by atoms with van der Waals surface area (Å²) < 4.78 is 5.12. The van der Waals surface area contributed by atoms with Crippen molar-refractivity contribution in [3.63, 3.8) is 0 Å². The molecule has 1 aromatic carbocycles. The molecule has 0 bridgehead atoms. The van der Waals surface area contributed by atoms with Crippen LogP contribution in [0.5, 0.6) is 5.75 Å². The summed E-state index contributed by atoms with van der Waals surface area (Å²) in [5.41, 5.74) is 6.45. The van der Waals surface area contributed by atoms with Crippen LogP contribution in [0.1, 0.15) is 23.0 Å². The van der Waals surface area contributed by atoms with E-state index in [9.17, 15) is 4.79 Å². The van der Waals surface area contributed by atoms with E-state index in [1.165, 1.54) is 11.3 Å². The number of nitrogen functional groups attached to an aromatic ring is 1. The highest BCUT2D eigenvalue weighted by molar-refractivity contribution is 7.18. The van der Waals surface area contributed by atoms with Crippen LogP contribution in [-0.4, -0.2) is 24.5 Å². The maximum Gasteiger partial charge on any atom is 0.269 e. The van der Waals surface area contributed by atoms with E-state index in [1.807, 2.05) is 6.07 Å². The smallest absolute Gasteiger partial charge is 0.269 e. The van der Waals surface area contributed by atoms with Crippen LogP contribution in [0.2, 0.25) is 0 Å². The van der Waals surface area contributed by atoms with Crippen molar-refractivity contribution in [1.82, 2.24) is 4.98 Å². The van der Waals surface area contributed by atoms with Gasteiger partial charge in [0.25, 0.3) is 5.91 Å². The molecule has 0 aliphatic carbocycles. The number of benzene rings is 1. The van der Waals surface area contributed by atoms with Gasteiger partial charge in [0.05, 0.1) is 7.11 Å². The van der Waals surface area contributed by atoms with Crippen LogP contribution < -0.4 is 21.1 Å². The molecule has 7 heteroatoms. The van der Waals surface area contributed by atoms with Gasteiger partial charge in [-0.3, -0.25) is 4.79 Å². The molecule has 21 heavy (non-hydrogen) atoms. The highest BCUT2D eigenvalue weighted by atomic mass is 32.1. The van der Waals surface area contributed by atoms with Crippen molar-refractivity contribution in [1.29, 1.82) is 0 Å². The third-order valence-corrected chi connectivity index (χ3v) is 3.74. The molecular weight excluding hydrogens is 288 g/mol. The quantitative estimate of drug-likeness (QED) is 0.763. The van der Waals surface area contributed by atoms with Gasteiger partial charge in [-0.2, -0.15) is 0 Å². The summed E-state index contributed by atoms with van der Waals surface area (Å²) in [6.45, 7) is 2.85. The van der Waals surface area contributed by atoms with Gasteiger partial charge in [0.15, 0.2) is 5.13 Å². The summed E-state index contributed by atoms with van der Waals surface area (Å²) in [6, 6.07) is 7.14. The van der Waals surface area contributed by atoms with Crippen LogP contribution >= 0.6 is 11.3 Å². The molecule has 1 amide bonds. The number of thiazole rings is 1. The molecule has 1 aromatic heterocycles. The van der Waals surface area contributed by atoms with Crippen molar-refractivity contribution in [3.8, 4) is 5.75 Å². The zero-order valence-electron chi connectivity index (χ0n) is 12.0. The van der Waals surface area contributed by atoms with Gasteiger partial charge in [0.2, 0.25) is 0 Å². The number of ether oxygens (including phenoxy) is 1. The first-order valence-electron chi connectivity index (χ1n) is 6.59. The molecular formula is C14H18N4O2S. The topological polar surface area (TPSA) is 89.3 Å². The Morgan fingerprint density at radius 2 is 2.29 bits per heavy atom. The minimum atomic E-state index is -0.275. The van der Waals surface area contributed by atoms with E-state index < -0.39 is 0 Å². The molecule has 0 atom stereocenters. The Hall–Kier alpha value is -2.28. The van der Waals surface area contributed by atoms with Crippen LogP contribution in [0.4, 0.5) is 16.6 Å². The van der Waals surface area contributed by atoms with E-state index in [-0.39, 0.29) is 11.7 Å². The second-order valence-corrected chi connectivity index (χ2v) is 5.35. The molecule has 0 radical (unpaired) electrons. The van der Waals surface area contributed by atoms with Crippen LogP contribution in [0.15, 0.2) is 24.3 Å². The Bertz CT molecular complexity index is 627. The lowest BCUT2D eigenvalue weighted by atomic mass is 10.3. The summed E-state index contributed by atoms with van der Waals surface area (Å²) >= 11 is 1.25. The van der Waals surface area contributed by atoms with E-state index >= 15 is 0 Å². The number of nitrogens with two attached hydrogens (primary N) is 1. The summed E-state index contributed by atoms with van der Waals surface area (Å²) in [6.07, 6.45) is 0.977. The summed E-state index contributed by atoms with van der Waals surface area (Å²) in [5, 5.41) is 6.56. The van der Waals surface area contributed by atoms with Crippen molar-refractivity contribution in [2.24, 2.45) is 0 Å². The number of amides is 1. The van der Waals surface area contributed by atoms with E-state index in [0.29, 0.717) is 21.4 Å². The molecule has 0 saturated heterocycles. The molecule has 0 fully saturated rings. The Labute approximate surface area is 127 Å². The number of carbonyl (C=O) groups excluding carboxylic acids is 1. The summed E-state index contributed by atoms with van der Waals surface area (Å²) in [4.78, 5) is 16.8. The van der Waals surface area contributed by atoms with Gasteiger partial charge < -0.3 is 21.1 Å². The Morgan fingerprint density at radius 1 is 1.48 bits per heavy atom. The van der Waals surface area contributed by atoms with E-state index in [0.717, 1.165) is 13.0 Å². The number of methoxy groups -OCH3 is 1. The average molecular weight is 306 g/mol. The lowest BCUT2D eigenvalue weighted by Gasteiger charge is -2.05. The Morgan fingerprint density at radius 3 is 3.00 bits per heavy atom. The van der Waals surface area contributed by atoms with Gasteiger partial charge >= 0.3 is 0 Å². The highest BCUT2D eigenvalue weighted by Crippen LogP contribution is 2.26. The Balaban J connectivity index is 2.10. The van der Waals surface area contributed by atoms with Crippen LogP contribution in [0.25, 0.3) is 0 Å². The first-order chi connectivity index (χ1) is 10.1. The zero-order valence-corrected chi connectivity index (χ0v) is 12.8. The summed E-state index contributed by atoms with van der Waals surface area (Å²) in [5.74, 6) is 0.636. The summed E-state index contributed by atoms with van der Waals surface area (Å²) in [7, 11) is 1.58. The number of nitrogens with zero attached hydrogens (tertiary/aromatic N) is 1. The predicted molar refractivity (Wildman–Crippen MR) is 86.3 cm³/mol. The number of carbonyl (C=O) groups is 1. The largest absolute Gasteiger partial charge is 0.497 e. The molecule has 2 aromatic rings. The Kier molecular flexibility index (Phi) is 4.99. The van der Waals surface area contributed by atoms with Crippen molar-refractivity contribution in [2.75, 3.05) is 30.0 Å². The molecule has 0 saturated carbocycles. The predicted octanol–water partition coefficient (Wildman–Crippen LogP) is 2.81. The van der Waals surface area contributed by atoms with Gasteiger partial charge in [-0.15, -0.1) is 0 Å². The fourth-order valence-electron chi connectivity index (χ4n) is 1.69. The first kappa shape index (κ1) is 15.1. The number of hydrogen-bond acceptors (Lipinski definition) is 6. The van der Waals surface area contributed by atoms with Gasteiger partial charge in [0.1, 0.15) is 16.4 Å². The van der Waals surface area contributed by atoms with Gasteiger partial charge in [-0.1, -0.05) is 24.3 Å². The van der Waals surface area contributed by atoms with Gasteiger partial charge in [0, 0.05) is 18.3 Å². The normalized spacial score (nSPS) is 10.2. The molecule has 1 heterocycles. The standard InChI is InChI=1S/C14H18N4O2S/c1-3-7-16-14-18-12(15)11(21-14)13(19)17-9-5-4-6-10(8-9)20-2/h4-6,8H,3,7,15H2,1-2H3,(H,16,18)(H,17,19). The molecule has 0 aliphatic rings. The third-order valence-electron chi connectivity index (χ3n) is 2.71. The second kappa shape index (κ2) is 6.94.